The molecule has 4 aromatic rings. The topological polar surface area (TPSA) is 81.3 Å². The van der Waals surface area contributed by atoms with E-state index in [0.29, 0.717) is 21.8 Å². The van der Waals surface area contributed by atoms with Crippen LogP contribution in [0.15, 0.2) is 58.5 Å². The van der Waals surface area contributed by atoms with Crippen LogP contribution < -0.4 is 10.9 Å². The highest BCUT2D eigenvalue weighted by Crippen LogP contribution is 2.23. The molecule has 7 nitrogen and oxygen atoms in total. The largest absolute Gasteiger partial charge is 0.351 e. The molecule has 2 heterocycles. The lowest BCUT2D eigenvalue weighted by Crippen LogP contribution is -2.41. The van der Waals surface area contributed by atoms with Crippen molar-refractivity contribution in [1.29, 1.82) is 0 Å². The van der Waals surface area contributed by atoms with E-state index in [2.05, 4.69) is 22.4 Å². The Kier molecular flexibility index (Phi) is 5.58. The molecule has 0 unspecified atom stereocenters. The van der Waals surface area contributed by atoms with Gasteiger partial charge in [-0.25, -0.2) is 4.57 Å². The SMILES string of the molecule is CCc1ccc(-n2c(=O)c3ccccc3n3c(SCC(=O)NC(C)(C)C)nnc23)cc1. The lowest BCUT2D eigenvalue weighted by Gasteiger charge is -2.20. The zero-order valence-electron chi connectivity index (χ0n) is 18.0. The molecule has 1 amide bonds. The molecule has 1 N–H and O–H groups in total. The quantitative estimate of drug-likeness (QED) is 0.485. The Labute approximate surface area is 184 Å². The smallest absolute Gasteiger partial charge is 0.267 e. The van der Waals surface area contributed by atoms with Gasteiger partial charge in [-0.05, 0) is 57.0 Å². The lowest BCUT2D eigenvalue weighted by molar-refractivity contribution is -0.119. The number of aryl methyl sites for hydroxylation is 1. The Bertz CT molecular complexity index is 1320. The van der Waals surface area contributed by atoms with E-state index in [1.807, 2.05) is 67.6 Å². The minimum atomic E-state index is -0.303. The predicted octanol–water partition coefficient (Wildman–Crippen LogP) is 3.60. The van der Waals surface area contributed by atoms with Crippen LogP contribution in [-0.2, 0) is 11.2 Å². The fourth-order valence-electron chi connectivity index (χ4n) is 3.47. The molecule has 0 saturated carbocycles. The van der Waals surface area contributed by atoms with E-state index >= 15 is 0 Å². The second-order valence-corrected chi connectivity index (χ2v) is 9.33. The number of hydrogen-bond donors (Lipinski definition) is 1. The summed E-state index contributed by atoms with van der Waals surface area (Å²) in [4.78, 5) is 25.7. The van der Waals surface area contributed by atoms with Crippen molar-refractivity contribution < 1.29 is 4.79 Å². The normalized spacial score (nSPS) is 11.9. The molecule has 0 bridgehead atoms. The maximum absolute atomic E-state index is 13.3. The van der Waals surface area contributed by atoms with Gasteiger partial charge in [0.2, 0.25) is 11.7 Å². The van der Waals surface area contributed by atoms with Crippen LogP contribution >= 0.6 is 11.8 Å². The minimum Gasteiger partial charge on any atom is -0.351 e. The van der Waals surface area contributed by atoms with Crippen LogP contribution in [0.3, 0.4) is 0 Å². The number of rotatable bonds is 5. The number of fused-ring (bicyclic) bond motifs is 3. The summed E-state index contributed by atoms with van der Waals surface area (Å²) in [5, 5.41) is 12.7. The molecule has 4 rings (SSSR count). The first-order valence-corrected chi connectivity index (χ1v) is 11.2. The number of hydrogen-bond acceptors (Lipinski definition) is 5. The first-order chi connectivity index (χ1) is 14.8. The maximum atomic E-state index is 13.3. The van der Waals surface area contributed by atoms with Gasteiger partial charge in [-0.2, -0.15) is 0 Å². The van der Waals surface area contributed by atoms with Crippen LogP contribution in [0, 0.1) is 0 Å². The van der Waals surface area contributed by atoms with Gasteiger partial charge in [0.25, 0.3) is 5.56 Å². The zero-order chi connectivity index (χ0) is 22.2. The number of amides is 1. The summed E-state index contributed by atoms with van der Waals surface area (Å²) in [7, 11) is 0. The van der Waals surface area contributed by atoms with Gasteiger partial charge in [0.15, 0.2) is 5.16 Å². The fraction of sp³-hybridized carbons (Fsp3) is 0.304. The van der Waals surface area contributed by atoms with Crippen LogP contribution in [0.5, 0.6) is 0 Å². The van der Waals surface area contributed by atoms with Crippen LogP contribution in [0.2, 0.25) is 0 Å². The molecule has 2 aromatic carbocycles. The van der Waals surface area contributed by atoms with Gasteiger partial charge in [-0.3, -0.25) is 14.0 Å². The molecule has 0 saturated heterocycles. The van der Waals surface area contributed by atoms with Crippen molar-refractivity contribution in [2.45, 2.75) is 44.8 Å². The van der Waals surface area contributed by atoms with Crippen LogP contribution in [0.1, 0.15) is 33.3 Å². The molecule has 0 aliphatic heterocycles. The molecule has 160 valence electrons. The number of benzene rings is 2. The van der Waals surface area contributed by atoms with Gasteiger partial charge in [0.1, 0.15) is 0 Å². The van der Waals surface area contributed by atoms with E-state index in [9.17, 15) is 9.59 Å². The molecule has 0 fully saturated rings. The van der Waals surface area contributed by atoms with Crippen molar-refractivity contribution in [2.24, 2.45) is 0 Å². The van der Waals surface area contributed by atoms with Gasteiger partial charge < -0.3 is 5.32 Å². The lowest BCUT2D eigenvalue weighted by atomic mass is 10.1. The number of para-hydroxylation sites is 1. The fourth-order valence-corrected chi connectivity index (χ4v) is 4.21. The third-order valence-electron chi connectivity index (χ3n) is 4.84. The standard InChI is InChI=1S/C23H25N5O2S/c1-5-15-10-12-16(13-11-15)27-20(30)17-8-6-7-9-18(17)28-21(27)25-26-22(28)31-14-19(29)24-23(2,3)4/h6-13H,5,14H2,1-4H3,(H,24,29). The number of carbonyl (C=O) groups excluding carboxylic acids is 1. The summed E-state index contributed by atoms with van der Waals surface area (Å²) >= 11 is 1.30. The van der Waals surface area contributed by atoms with Gasteiger partial charge >= 0.3 is 0 Å². The number of nitrogens with zero attached hydrogens (tertiary/aromatic N) is 4. The predicted molar refractivity (Wildman–Crippen MR) is 124 cm³/mol. The second kappa shape index (κ2) is 8.19. The highest BCUT2D eigenvalue weighted by molar-refractivity contribution is 7.99. The first-order valence-electron chi connectivity index (χ1n) is 10.2. The Balaban J connectivity index is 1.85. The number of thioether (sulfide) groups is 1. The zero-order valence-corrected chi connectivity index (χ0v) is 18.9. The van der Waals surface area contributed by atoms with Crippen molar-refractivity contribution in [3.05, 3.63) is 64.4 Å². The van der Waals surface area contributed by atoms with Crippen LogP contribution in [0.25, 0.3) is 22.4 Å². The van der Waals surface area contributed by atoms with E-state index in [1.54, 1.807) is 10.6 Å². The van der Waals surface area contributed by atoms with Gasteiger partial charge in [-0.1, -0.05) is 43.0 Å². The molecule has 0 radical (unpaired) electrons. The Hall–Kier alpha value is -3.13. The molecular formula is C23H25N5O2S. The highest BCUT2D eigenvalue weighted by Gasteiger charge is 2.19. The molecule has 2 aromatic heterocycles. The highest BCUT2D eigenvalue weighted by atomic mass is 32.2. The second-order valence-electron chi connectivity index (χ2n) is 8.38. The third-order valence-corrected chi connectivity index (χ3v) is 5.77. The van der Waals surface area contributed by atoms with Gasteiger partial charge in [-0.15, -0.1) is 10.2 Å². The number of carbonyl (C=O) groups is 1. The summed E-state index contributed by atoms with van der Waals surface area (Å²) in [6, 6.07) is 15.3. The van der Waals surface area contributed by atoms with E-state index in [1.165, 1.54) is 17.3 Å². The van der Waals surface area contributed by atoms with Crippen molar-refractivity contribution in [3.63, 3.8) is 0 Å². The van der Waals surface area contributed by atoms with Crippen molar-refractivity contribution in [3.8, 4) is 5.69 Å². The summed E-state index contributed by atoms with van der Waals surface area (Å²) in [6.07, 6.45) is 0.921. The number of nitrogens with one attached hydrogen (secondary N) is 1. The summed E-state index contributed by atoms with van der Waals surface area (Å²) in [5.41, 5.74) is 2.18. The van der Waals surface area contributed by atoms with E-state index in [-0.39, 0.29) is 22.8 Å². The average molecular weight is 436 g/mol. The van der Waals surface area contributed by atoms with Crippen molar-refractivity contribution in [2.75, 3.05) is 5.75 Å². The van der Waals surface area contributed by atoms with Crippen LogP contribution in [0.4, 0.5) is 0 Å². The molecular weight excluding hydrogens is 410 g/mol. The molecule has 0 atom stereocenters. The third kappa shape index (κ3) is 4.20. The summed E-state index contributed by atoms with van der Waals surface area (Å²) in [5.74, 6) is 0.546. The minimum absolute atomic E-state index is 0.0815. The molecule has 0 aliphatic rings. The Morgan fingerprint density at radius 1 is 1.06 bits per heavy atom. The summed E-state index contributed by atoms with van der Waals surface area (Å²) in [6.45, 7) is 7.92. The average Bonchev–Trinajstić information content (AvgIpc) is 3.15. The molecule has 0 aliphatic carbocycles. The van der Waals surface area contributed by atoms with Gasteiger partial charge in [0.05, 0.1) is 22.3 Å². The van der Waals surface area contributed by atoms with Crippen LogP contribution in [-0.4, -0.2) is 36.4 Å². The van der Waals surface area contributed by atoms with Crippen molar-refractivity contribution >= 4 is 34.3 Å². The Morgan fingerprint density at radius 2 is 1.77 bits per heavy atom. The Morgan fingerprint density at radius 3 is 2.45 bits per heavy atom. The maximum Gasteiger partial charge on any atom is 0.267 e. The van der Waals surface area contributed by atoms with E-state index in [0.717, 1.165) is 12.1 Å². The molecule has 0 spiro atoms. The van der Waals surface area contributed by atoms with Crippen molar-refractivity contribution in [1.82, 2.24) is 24.5 Å². The first kappa shape index (κ1) is 21.1. The molecule has 8 heteroatoms. The molecule has 31 heavy (non-hydrogen) atoms. The monoisotopic (exact) mass is 435 g/mol. The van der Waals surface area contributed by atoms with E-state index < -0.39 is 0 Å². The van der Waals surface area contributed by atoms with E-state index in [4.69, 9.17) is 0 Å². The number of aromatic nitrogens is 4. The summed E-state index contributed by atoms with van der Waals surface area (Å²) < 4.78 is 3.42. The van der Waals surface area contributed by atoms with Gasteiger partial charge in [0, 0.05) is 5.54 Å².